The molecule has 0 aliphatic rings. The van der Waals surface area contributed by atoms with E-state index >= 15 is 0 Å². The maximum Gasteiger partial charge on any atom is 0.258 e. The summed E-state index contributed by atoms with van der Waals surface area (Å²) in [6, 6.07) is 5.79. The largest absolute Gasteiger partial charge is 0.493 e. The molecular formula is C19H32N2O3. The van der Waals surface area contributed by atoms with Gasteiger partial charge in [0.05, 0.1) is 7.11 Å². The van der Waals surface area contributed by atoms with Gasteiger partial charge in [0, 0.05) is 12.1 Å². The van der Waals surface area contributed by atoms with E-state index in [4.69, 9.17) is 9.47 Å². The van der Waals surface area contributed by atoms with Crippen LogP contribution in [-0.4, -0.2) is 31.7 Å². The minimum Gasteiger partial charge on any atom is -0.493 e. The number of benzene rings is 1. The van der Waals surface area contributed by atoms with Gasteiger partial charge in [-0.25, -0.2) is 0 Å². The molecule has 0 radical (unpaired) electrons. The summed E-state index contributed by atoms with van der Waals surface area (Å²) < 4.78 is 11.0. The molecule has 1 aromatic carbocycles. The third-order valence-electron chi connectivity index (χ3n) is 3.39. The number of methoxy groups -OCH3 is 1. The summed E-state index contributed by atoms with van der Waals surface area (Å²) in [5, 5.41) is 6.29. The number of ether oxygens (including phenoxy) is 2. The van der Waals surface area contributed by atoms with Crippen LogP contribution in [0.4, 0.5) is 0 Å². The molecule has 5 nitrogen and oxygen atoms in total. The van der Waals surface area contributed by atoms with Crippen LogP contribution in [0.2, 0.25) is 0 Å². The summed E-state index contributed by atoms with van der Waals surface area (Å²) in [5.74, 6) is 1.08. The van der Waals surface area contributed by atoms with Crippen LogP contribution in [0.25, 0.3) is 0 Å². The first-order chi connectivity index (χ1) is 11.4. The summed E-state index contributed by atoms with van der Waals surface area (Å²) in [4.78, 5) is 11.8. The third kappa shape index (κ3) is 8.20. The first-order valence-corrected chi connectivity index (χ1v) is 8.67. The van der Waals surface area contributed by atoms with E-state index in [-0.39, 0.29) is 18.1 Å². The summed E-state index contributed by atoms with van der Waals surface area (Å²) >= 11 is 0. The minimum absolute atomic E-state index is 0.0256. The van der Waals surface area contributed by atoms with Crippen molar-refractivity contribution in [3.63, 3.8) is 0 Å². The first kappa shape index (κ1) is 20.3. The zero-order valence-corrected chi connectivity index (χ0v) is 15.7. The summed E-state index contributed by atoms with van der Waals surface area (Å²) in [5.41, 5.74) is 0.868. The second-order valence-electron chi connectivity index (χ2n) is 6.96. The van der Waals surface area contributed by atoms with Gasteiger partial charge in [0.25, 0.3) is 5.91 Å². The van der Waals surface area contributed by atoms with Crippen molar-refractivity contribution in [2.45, 2.75) is 59.0 Å². The number of rotatable bonds is 10. The van der Waals surface area contributed by atoms with Crippen LogP contribution < -0.4 is 20.1 Å². The maximum absolute atomic E-state index is 11.8. The molecule has 24 heavy (non-hydrogen) atoms. The molecule has 5 heteroatoms. The van der Waals surface area contributed by atoms with Crippen LogP contribution in [0, 0.1) is 0 Å². The van der Waals surface area contributed by atoms with Crippen molar-refractivity contribution in [3.8, 4) is 11.5 Å². The first-order valence-electron chi connectivity index (χ1n) is 8.67. The lowest BCUT2D eigenvalue weighted by Crippen LogP contribution is -2.43. The topological polar surface area (TPSA) is 59.6 Å². The highest BCUT2D eigenvalue weighted by atomic mass is 16.5. The predicted molar refractivity (Wildman–Crippen MR) is 97.6 cm³/mol. The van der Waals surface area contributed by atoms with E-state index in [0.717, 1.165) is 18.7 Å². The minimum atomic E-state index is -0.266. The molecule has 0 atom stereocenters. The molecule has 1 aromatic rings. The van der Waals surface area contributed by atoms with E-state index in [0.29, 0.717) is 11.5 Å². The Bertz CT molecular complexity index is 510. The molecule has 0 aliphatic carbocycles. The quantitative estimate of drug-likeness (QED) is 0.644. The van der Waals surface area contributed by atoms with Crippen LogP contribution in [0.3, 0.4) is 0 Å². The average molecular weight is 336 g/mol. The number of hydrogen-bond acceptors (Lipinski definition) is 4. The molecule has 0 bridgehead atoms. The molecule has 0 aliphatic heterocycles. The predicted octanol–water partition coefficient (Wildman–Crippen LogP) is 3.27. The summed E-state index contributed by atoms with van der Waals surface area (Å²) in [6.45, 7) is 9.80. The van der Waals surface area contributed by atoms with E-state index in [1.807, 2.05) is 39.0 Å². The van der Waals surface area contributed by atoms with Crippen molar-refractivity contribution in [2.75, 3.05) is 20.3 Å². The number of nitrogens with one attached hydrogen (secondary N) is 2. The second-order valence-corrected chi connectivity index (χ2v) is 6.96. The van der Waals surface area contributed by atoms with E-state index in [9.17, 15) is 4.79 Å². The lowest BCUT2D eigenvalue weighted by Gasteiger charge is -2.20. The van der Waals surface area contributed by atoms with E-state index < -0.39 is 0 Å². The van der Waals surface area contributed by atoms with Crippen LogP contribution >= 0.6 is 0 Å². The fourth-order valence-corrected chi connectivity index (χ4v) is 2.27. The monoisotopic (exact) mass is 336 g/mol. The Labute approximate surface area is 146 Å². The molecule has 1 amide bonds. The van der Waals surface area contributed by atoms with Crippen LogP contribution in [0.1, 0.15) is 52.5 Å². The van der Waals surface area contributed by atoms with Crippen molar-refractivity contribution in [1.29, 1.82) is 0 Å². The van der Waals surface area contributed by atoms with Gasteiger partial charge in [0.2, 0.25) is 0 Å². The van der Waals surface area contributed by atoms with Gasteiger partial charge in [-0.15, -0.1) is 0 Å². The third-order valence-corrected chi connectivity index (χ3v) is 3.39. The Balaban J connectivity index is 2.52. The zero-order valence-electron chi connectivity index (χ0n) is 15.7. The molecular weight excluding hydrogens is 304 g/mol. The van der Waals surface area contributed by atoms with Crippen molar-refractivity contribution >= 4 is 5.91 Å². The molecule has 2 N–H and O–H groups in total. The van der Waals surface area contributed by atoms with Gasteiger partial charge in [-0.1, -0.05) is 25.8 Å². The van der Waals surface area contributed by atoms with Crippen LogP contribution in [0.15, 0.2) is 18.2 Å². The normalized spacial score (nSPS) is 11.2. The van der Waals surface area contributed by atoms with Crippen molar-refractivity contribution < 1.29 is 14.3 Å². The van der Waals surface area contributed by atoms with Gasteiger partial charge in [-0.05, 0) is 51.4 Å². The molecule has 0 fully saturated rings. The molecule has 0 heterocycles. The zero-order chi connectivity index (χ0) is 18.0. The van der Waals surface area contributed by atoms with E-state index in [2.05, 4.69) is 17.6 Å². The SMILES string of the molecule is CCCCCNCc1ccc(OCC(=O)NC(C)(C)C)c(OC)c1. The van der Waals surface area contributed by atoms with Crippen molar-refractivity contribution in [1.82, 2.24) is 10.6 Å². The highest BCUT2D eigenvalue weighted by molar-refractivity contribution is 5.78. The maximum atomic E-state index is 11.8. The number of carbonyl (C=O) groups is 1. The Morgan fingerprint density at radius 2 is 1.92 bits per heavy atom. The van der Waals surface area contributed by atoms with Crippen LogP contribution in [0.5, 0.6) is 11.5 Å². The Morgan fingerprint density at radius 3 is 2.54 bits per heavy atom. The van der Waals surface area contributed by atoms with Gasteiger partial charge in [0.15, 0.2) is 18.1 Å². The van der Waals surface area contributed by atoms with Gasteiger partial charge in [0.1, 0.15) is 0 Å². The number of hydrogen-bond donors (Lipinski definition) is 2. The van der Waals surface area contributed by atoms with Crippen LogP contribution in [-0.2, 0) is 11.3 Å². The van der Waals surface area contributed by atoms with E-state index in [1.165, 1.54) is 19.3 Å². The molecule has 136 valence electrons. The number of unbranched alkanes of at least 4 members (excludes halogenated alkanes) is 2. The van der Waals surface area contributed by atoms with Gasteiger partial charge in [-0.2, -0.15) is 0 Å². The Hall–Kier alpha value is -1.75. The number of amides is 1. The fourth-order valence-electron chi connectivity index (χ4n) is 2.27. The molecule has 0 saturated heterocycles. The standard InChI is InChI=1S/C19H32N2O3/c1-6-7-8-11-20-13-15-9-10-16(17(12-15)23-5)24-14-18(22)21-19(2,3)4/h9-10,12,20H,6-8,11,13-14H2,1-5H3,(H,21,22). The average Bonchev–Trinajstić information content (AvgIpc) is 2.51. The van der Waals surface area contributed by atoms with Crippen molar-refractivity contribution in [2.24, 2.45) is 0 Å². The fraction of sp³-hybridized carbons (Fsp3) is 0.632. The number of carbonyl (C=O) groups excluding carboxylic acids is 1. The molecule has 0 spiro atoms. The lowest BCUT2D eigenvalue weighted by atomic mass is 10.1. The van der Waals surface area contributed by atoms with E-state index in [1.54, 1.807) is 7.11 Å². The highest BCUT2D eigenvalue weighted by Crippen LogP contribution is 2.28. The summed E-state index contributed by atoms with van der Waals surface area (Å²) in [6.07, 6.45) is 3.67. The van der Waals surface area contributed by atoms with Crippen molar-refractivity contribution in [3.05, 3.63) is 23.8 Å². The van der Waals surface area contributed by atoms with Gasteiger partial charge < -0.3 is 20.1 Å². The smallest absolute Gasteiger partial charge is 0.258 e. The lowest BCUT2D eigenvalue weighted by molar-refractivity contribution is -0.124. The second kappa shape index (κ2) is 10.2. The molecule has 0 unspecified atom stereocenters. The highest BCUT2D eigenvalue weighted by Gasteiger charge is 2.15. The molecule has 0 saturated carbocycles. The van der Waals surface area contributed by atoms with Gasteiger partial charge in [-0.3, -0.25) is 4.79 Å². The molecule has 0 aromatic heterocycles. The summed E-state index contributed by atoms with van der Waals surface area (Å²) in [7, 11) is 1.61. The molecule has 1 rings (SSSR count). The Morgan fingerprint density at radius 1 is 1.17 bits per heavy atom. The Kier molecular flexibility index (Phi) is 8.61. The van der Waals surface area contributed by atoms with Gasteiger partial charge >= 0.3 is 0 Å².